The number of carbonyl (C=O) groups excluding carboxylic acids is 1. The first kappa shape index (κ1) is 16.0. The van der Waals surface area contributed by atoms with Crippen molar-refractivity contribution in [3.05, 3.63) is 35.9 Å². The molecule has 1 fully saturated rings. The number of ether oxygens (including phenoxy) is 1. The van der Waals surface area contributed by atoms with Gasteiger partial charge in [0.2, 0.25) is 0 Å². The van der Waals surface area contributed by atoms with E-state index in [2.05, 4.69) is 17.0 Å². The molecule has 0 N–H and O–H groups in total. The van der Waals surface area contributed by atoms with Crippen LogP contribution >= 0.6 is 0 Å². The zero-order chi connectivity index (χ0) is 15.3. The summed E-state index contributed by atoms with van der Waals surface area (Å²) >= 11 is 0. The van der Waals surface area contributed by atoms with Crippen LogP contribution in [0.1, 0.15) is 51.6 Å². The van der Waals surface area contributed by atoms with Gasteiger partial charge in [-0.15, -0.1) is 0 Å². The minimum absolute atomic E-state index is 0.0815. The van der Waals surface area contributed by atoms with Crippen LogP contribution in [0.5, 0.6) is 0 Å². The first-order valence-corrected chi connectivity index (χ1v) is 8.03. The molecule has 1 aromatic carbocycles. The van der Waals surface area contributed by atoms with Crippen LogP contribution in [0.15, 0.2) is 30.3 Å². The summed E-state index contributed by atoms with van der Waals surface area (Å²) in [5.41, 5.74) is 0.659. The maximum atomic E-state index is 12.5. The summed E-state index contributed by atoms with van der Waals surface area (Å²) in [6.07, 6.45) is 3.71. The molecule has 1 unspecified atom stereocenters. The molecule has 0 spiro atoms. The summed E-state index contributed by atoms with van der Waals surface area (Å²) in [6.45, 7) is 8.44. The standard InChI is InChI=1S/C18H27NO2/c1-4-21-17(20)18(2,3)16(15-11-7-5-8-12-15)19-13-9-6-10-14-19/h5,7-8,11-12,16H,4,6,9-10,13-14H2,1-3H3. The van der Waals surface area contributed by atoms with E-state index in [9.17, 15) is 4.79 Å². The fraction of sp³-hybridized carbons (Fsp3) is 0.611. The lowest BCUT2D eigenvalue weighted by Gasteiger charge is -2.42. The van der Waals surface area contributed by atoms with Crippen LogP contribution in [-0.4, -0.2) is 30.6 Å². The van der Waals surface area contributed by atoms with Crippen LogP contribution in [-0.2, 0) is 9.53 Å². The lowest BCUT2D eigenvalue weighted by molar-refractivity contribution is -0.158. The van der Waals surface area contributed by atoms with Crippen LogP contribution in [0.25, 0.3) is 0 Å². The first-order chi connectivity index (χ1) is 10.1. The second kappa shape index (κ2) is 7.08. The minimum atomic E-state index is -0.547. The van der Waals surface area contributed by atoms with Crippen LogP contribution < -0.4 is 0 Å². The van der Waals surface area contributed by atoms with Gasteiger partial charge in [-0.2, -0.15) is 0 Å². The van der Waals surface area contributed by atoms with E-state index < -0.39 is 5.41 Å². The van der Waals surface area contributed by atoms with Crippen molar-refractivity contribution < 1.29 is 9.53 Å². The largest absolute Gasteiger partial charge is 0.466 e. The summed E-state index contributed by atoms with van der Waals surface area (Å²) in [5.74, 6) is -0.107. The lowest BCUT2D eigenvalue weighted by atomic mass is 9.78. The van der Waals surface area contributed by atoms with Crippen molar-refractivity contribution >= 4 is 5.97 Å². The molecule has 0 saturated carbocycles. The monoisotopic (exact) mass is 289 g/mol. The number of carbonyl (C=O) groups is 1. The molecule has 1 heterocycles. The van der Waals surface area contributed by atoms with Crippen molar-refractivity contribution in [1.82, 2.24) is 4.90 Å². The highest BCUT2D eigenvalue weighted by Gasteiger charge is 2.42. The van der Waals surface area contributed by atoms with E-state index in [1.165, 1.54) is 24.8 Å². The Balaban J connectivity index is 2.33. The molecule has 0 bridgehead atoms. The Morgan fingerprint density at radius 1 is 1.19 bits per heavy atom. The first-order valence-electron chi connectivity index (χ1n) is 8.03. The van der Waals surface area contributed by atoms with Crippen LogP contribution in [0.3, 0.4) is 0 Å². The predicted octanol–water partition coefficient (Wildman–Crippen LogP) is 3.80. The predicted molar refractivity (Wildman–Crippen MR) is 85.0 cm³/mol. The van der Waals surface area contributed by atoms with Crippen LogP contribution in [0.4, 0.5) is 0 Å². The summed E-state index contributed by atoms with van der Waals surface area (Å²) in [6, 6.07) is 10.5. The van der Waals surface area contributed by atoms with E-state index in [4.69, 9.17) is 4.74 Å². The Morgan fingerprint density at radius 2 is 1.81 bits per heavy atom. The average molecular weight is 289 g/mol. The molecule has 1 aromatic rings. The van der Waals surface area contributed by atoms with Crippen LogP contribution in [0.2, 0.25) is 0 Å². The number of esters is 1. The second-order valence-corrected chi connectivity index (χ2v) is 6.35. The number of hydrogen-bond donors (Lipinski definition) is 0. The molecule has 3 nitrogen and oxygen atoms in total. The average Bonchev–Trinajstić information content (AvgIpc) is 2.49. The molecule has 3 heteroatoms. The fourth-order valence-electron chi connectivity index (χ4n) is 3.32. The summed E-state index contributed by atoms with van der Waals surface area (Å²) in [7, 11) is 0. The Kier molecular flexibility index (Phi) is 5.40. The molecule has 0 aliphatic carbocycles. The maximum Gasteiger partial charge on any atom is 0.313 e. The molecule has 1 aliphatic heterocycles. The molecule has 116 valence electrons. The maximum absolute atomic E-state index is 12.5. The smallest absolute Gasteiger partial charge is 0.313 e. The molecule has 1 atom stereocenters. The van der Waals surface area contributed by atoms with Crippen molar-refractivity contribution in [2.45, 2.75) is 46.1 Å². The highest BCUT2D eigenvalue weighted by Crippen LogP contribution is 2.40. The fourth-order valence-corrected chi connectivity index (χ4v) is 3.32. The number of benzene rings is 1. The van der Waals surface area contributed by atoms with Crippen molar-refractivity contribution in [2.75, 3.05) is 19.7 Å². The molecule has 0 amide bonds. The number of hydrogen-bond acceptors (Lipinski definition) is 3. The Hall–Kier alpha value is -1.35. The normalized spacial score (nSPS) is 18.2. The summed E-state index contributed by atoms with van der Waals surface area (Å²) in [5, 5.41) is 0. The molecule has 0 radical (unpaired) electrons. The van der Waals surface area contributed by atoms with Gasteiger partial charge in [0.1, 0.15) is 0 Å². The van der Waals surface area contributed by atoms with Gasteiger partial charge in [-0.3, -0.25) is 9.69 Å². The van der Waals surface area contributed by atoms with E-state index in [-0.39, 0.29) is 12.0 Å². The van der Waals surface area contributed by atoms with Crippen molar-refractivity contribution in [1.29, 1.82) is 0 Å². The molecule has 1 aliphatic rings. The van der Waals surface area contributed by atoms with Gasteiger partial charge in [0.25, 0.3) is 0 Å². The highest BCUT2D eigenvalue weighted by atomic mass is 16.5. The van der Waals surface area contributed by atoms with Gasteiger partial charge in [-0.1, -0.05) is 36.8 Å². The van der Waals surface area contributed by atoms with Crippen molar-refractivity contribution in [2.24, 2.45) is 5.41 Å². The Morgan fingerprint density at radius 3 is 2.38 bits per heavy atom. The minimum Gasteiger partial charge on any atom is -0.466 e. The highest BCUT2D eigenvalue weighted by molar-refractivity contribution is 5.77. The van der Waals surface area contributed by atoms with Crippen molar-refractivity contribution in [3.63, 3.8) is 0 Å². The third-order valence-corrected chi connectivity index (χ3v) is 4.36. The Labute approximate surface area is 128 Å². The third-order valence-electron chi connectivity index (χ3n) is 4.36. The van der Waals surface area contributed by atoms with Gasteiger partial charge in [-0.25, -0.2) is 0 Å². The van der Waals surface area contributed by atoms with Gasteiger partial charge < -0.3 is 4.74 Å². The molecule has 21 heavy (non-hydrogen) atoms. The zero-order valence-electron chi connectivity index (χ0n) is 13.5. The number of piperidine rings is 1. The topological polar surface area (TPSA) is 29.5 Å². The van der Waals surface area contributed by atoms with E-state index >= 15 is 0 Å². The van der Waals surface area contributed by atoms with Gasteiger partial charge in [-0.05, 0) is 52.3 Å². The second-order valence-electron chi connectivity index (χ2n) is 6.35. The SMILES string of the molecule is CCOC(=O)C(C)(C)C(c1ccccc1)N1CCCCC1. The lowest BCUT2D eigenvalue weighted by Crippen LogP contribution is -2.45. The number of nitrogens with zero attached hydrogens (tertiary/aromatic N) is 1. The molecular weight excluding hydrogens is 262 g/mol. The van der Waals surface area contributed by atoms with Gasteiger partial charge in [0.05, 0.1) is 18.1 Å². The summed E-state index contributed by atoms with van der Waals surface area (Å²) in [4.78, 5) is 14.9. The number of rotatable bonds is 5. The van der Waals surface area contributed by atoms with Gasteiger partial charge >= 0.3 is 5.97 Å². The quantitative estimate of drug-likeness (QED) is 0.772. The van der Waals surface area contributed by atoms with Gasteiger partial charge in [0.15, 0.2) is 0 Å². The van der Waals surface area contributed by atoms with E-state index in [1.54, 1.807) is 0 Å². The molecule has 1 saturated heterocycles. The Bertz CT molecular complexity index is 450. The number of likely N-dealkylation sites (tertiary alicyclic amines) is 1. The van der Waals surface area contributed by atoms with E-state index in [0.717, 1.165) is 13.1 Å². The van der Waals surface area contributed by atoms with Crippen LogP contribution in [0, 0.1) is 5.41 Å². The third kappa shape index (κ3) is 3.65. The molecular formula is C18H27NO2. The van der Waals surface area contributed by atoms with Gasteiger partial charge in [0, 0.05) is 0 Å². The molecule has 2 rings (SSSR count). The van der Waals surface area contributed by atoms with Crippen molar-refractivity contribution in [3.8, 4) is 0 Å². The summed E-state index contributed by atoms with van der Waals surface area (Å²) < 4.78 is 5.33. The van der Waals surface area contributed by atoms with E-state index in [0.29, 0.717) is 6.61 Å². The van der Waals surface area contributed by atoms with E-state index in [1.807, 2.05) is 39.0 Å². The molecule has 0 aromatic heterocycles. The zero-order valence-corrected chi connectivity index (χ0v) is 13.5.